The lowest BCUT2D eigenvalue weighted by Gasteiger charge is -2.43. The Labute approximate surface area is 95.8 Å². The number of hydrogen-bond acceptors (Lipinski definition) is 1. The van der Waals surface area contributed by atoms with Crippen molar-refractivity contribution in [3.8, 4) is 0 Å². The maximum atomic E-state index is 6.33. The number of hydrogen-bond donors (Lipinski definition) is 1. The summed E-state index contributed by atoms with van der Waals surface area (Å²) in [5.74, 6) is 1.60. The number of nitrogens with two attached hydrogens (primary N) is 1. The van der Waals surface area contributed by atoms with Crippen molar-refractivity contribution < 1.29 is 0 Å². The lowest BCUT2D eigenvalue weighted by molar-refractivity contribution is 0.102. The maximum Gasteiger partial charge on any atom is 0.00747 e. The minimum atomic E-state index is 0.445. The summed E-state index contributed by atoms with van der Waals surface area (Å²) in [6.45, 7) is 9.46. The predicted molar refractivity (Wildman–Crippen MR) is 67.8 cm³/mol. The van der Waals surface area contributed by atoms with E-state index < -0.39 is 0 Å². The standard InChI is InChI=1S/C14H29N/c1-5-6-9-14(3,4)12-8-7-11(2)10-13(12)15/h11-13H,5-10,15H2,1-4H3. The van der Waals surface area contributed by atoms with Gasteiger partial charge in [0.15, 0.2) is 0 Å². The van der Waals surface area contributed by atoms with Crippen molar-refractivity contribution in [2.75, 3.05) is 0 Å². The van der Waals surface area contributed by atoms with Crippen molar-refractivity contribution in [3.05, 3.63) is 0 Å². The summed E-state index contributed by atoms with van der Waals surface area (Å²) in [4.78, 5) is 0. The van der Waals surface area contributed by atoms with Crippen LogP contribution in [0.4, 0.5) is 0 Å². The van der Waals surface area contributed by atoms with Crippen LogP contribution in [-0.2, 0) is 0 Å². The van der Waals surface area contributed by atoms with Gasteiger partial charge in [-0.05, 0) is 36.5 Å². The zero-order valence-corrected chi connectivity index (χ0v) is 11.1. The SMILES string of the molecule is CCCCC(C)(C)C1CCC(C)CC1N. The van der Waals surface area contributed by atoms with E-state index in [0.29, 0.717) is 11.5 Å². The topological polar surface area (TPSA) is 26.0 Å². The largest absolute Gasteiger partial charge is 0.327 e. The van der Waals surface area contributed by atoms with E-state index in [0.717, 1.165) is 11.8 Å². The van der Waals surface area contributed by atoms with E-state index in [1.165, 1.54) is 38.5 Å². The van der Waals surface area contributed by atoms with Gasteiger partial charge in [0.1, 0.15) is 0 Å². The molecule has 1 rings (SSSR count). The van der Waals surface area contributed by atoms with Crippen LogP contribution in [0.5, 0.6) is 0 Å². The van der Waals surface area contributed by atoms with Crippen molar-refractivity contribution >= 4 is 0 Å². The van der Waals surface area contributed by atoms with E-state index in [4.69, 9.17) is 5.73 Å². The number of rotatable bonds is 4. The summed E-state index contributed by atoms with van der Waals surface area (Å²) in [7, 11) is 0. The van der Waals surface area contributed by atoms with Crippen LogP contribution in [0.1, 0.15) is 66.2 Å². The molecule has 0 amide bonds. The van der Waals surface area contributed by atoms with E-state index in [1.54, 1.807) is 0 Å². The third-order valence-electron chi connectivity index (χ3n) is 4.34. The molecule has 1 nitrogen and oxygen atoms in total. The molecule has 3 atom stereocenters. The average molecular weight is 211 g/mol. The first-order chi connectivity index (χ1) is 6.97. The molecule has 2 N–H and O–H groups in total. The molecule has 15 heavy (non-hydrogen) atoms. The second-order valence-corrected chi connectivity index (χ2v) is 6.28. The monoisotopic (exact) mass is 211 g/mol. The summed E-state index contributed by atoms with van der Waals surface area (Å²) in [5.41, 5.74) is 6.78. The third kappa shape index (κ3) is 3.48. The molecule has 1 aliphatic carbocycles. The first-order valence-corrected chi connectivity index (χ1v) is 6.73. The maximum absolute atomic E-state index is 6.33. The summed E-state index contributed by atoms with van der Waals surface area (Å²) >= 11 is 0. The Bertz CT molecular complexity index is 186. The van der Waals surface area contributed by atoms with Crippen LogP contribution >= 0.6 is 0 Å². The predicted octanol–water partition coefficient (Wildman–Crippen LogP) is 3.97. The molecule has 0 heterocycles. The fourth-order valence-corrected chi connectivity index (χ4v) is 3.21. The average Bonchev–Trinajstić information content (AvgIpc) is 2.14. The molecule has 1 aliphatic rings. The molecule has 90 valence electrons. The molecule has 3 unspecified atom stereocenters. The van der Waals surface area contributed by atoms with Crippen LogP contribution in [-0.4, -0.2) is 6.04 Å². The van der Waals surface area contributed by atoms with Crippen LogP contribution in [0.2, 0.25) is 0 Å². The molecule has 0 saturated heterocycles. The zero-order valence-electron chi connectivity index (χ0n) is 11.1. The highest BCUT2D eigenvalue weighted by molar-refractivity contribution is 4.90. The molecule has 0 aromatic heterocycles. The Kier molecular flexibility index (Phi) is 4.64. The Balaban J connectivity index is 2.53. The minimum absolute atomic E-state index is 0.445. The van der Waals surface area contributed by atoms with Gasteiger partial charge < -0.3 is 5.73 Å². The highest BCUT2D eigenvalue weighted by Crippen LogP contribution is 2.42. The molecular formula is C14H29N. The summed E-state index contributed by atoms with van der Waals surface area (Å²) in [6.07, 6.45) is 7.97. The second kappa shape index (κ2) is 5.34. The molecule has 0 radical (unpaired) electrons. The van der Waals surface area contributed by atoms with Gasteiger partial charge in [0.2, 0.25) is 0 Å². The molecule has 1 heteroatoms. The van der Waals surface area contributed by atoms with Crippen molar-refractivity contribution in [2.45, 2.75) is 72.3 Å². The van der Waals surface area contributed by atoms with Crippen LogP contribution in [0.15, 0.2) is 0 Å². The molecule has 1 saturated carbocycles. The van der Waals surface area contributed by atoms with Gasteiger partial charge in [-0.25, -0.2) is 0 Å². The Morgan fingerprint density at radius 3 is 2.47 bits per heavy atom. The van der Waals surface area contributed by atoms with Gasteiger partial charge in [-0.3, -0.25) is 0 Å². The molecular weight excluding hydrogens is 182 g/mol. The van der Waals surface area contributed by atoms with Gasteiger partial charge in [-0.15, -0.1) is 0 Å². The van der Waals surface area contributed by atoms with Crippen LogP contribution in [0.25, 0.3) is 0 Å². The molecule has 0 bridgehead atoms. The molecule has 0 aromatic rings. The van der Waals surface area contributed by atoms with E-state index in [9.17, 15) is 0 Å². The van der Waals surface area contributed by atoms with Gasteiger partial charge in [0, 0.05) is 6.04 Å². The van der Waals surface area contributed by atoms with Crippen molar-refractivity contribution in [1.29, 1.82) is 0 Å². The Morgan fingerprint density at radius 1 is 1.27 bits per heavy atom. The van der Waals surface area contributed by atoms with Crippen molar-refractivity contribution in [3.63, 3.8) is 0 Å². The van der Waals surface area contributed by atoms with E-state index >= 15 is 0 Å². The second-order valence-electron chi connectivity index (χ2n) is 6.28. The smallest absolute Gasteiger partial charge is 0.00747 e. The lowest BCUT2D eigenvalue weighted by atomic mass is 9.65. The van der Waals surface area contributed by atoms with E-state index in [2.05, 4.69) is 27.7 Å². The highest BCUT2D eigenvalue weighted by atomic mass is 14.7. The van der Waals surface area contributed by atoms with Gasteiger partial charge in [0.05, 0.1) is 0 Å². The highest BCUT2D eigenvalue weighted by Gasteiger charge is 2.36. The first kappa shape index (κ1) is 13.0. The fourth-order valence-electron chi connectivity index (χ4n) is 3.21. The molecule has 0 aliphatic heterocycles. The van der Waals surface area contributed by atoms with Gasteiger partial charge >= 0.3 is 0 Å². The lowest BCUT2D eigenvalue weighted by Crippen LogP contribution is -2.43. The fraction of sp³-hybridized carbons (Fsp3) is 1.00. The Morgan fingerprint density at radius 2 is 1.93 bits per heavy atom. The van der Waals surface area contributed by atoms with E-state index in [1.807, 2.05) is 0 Å². The third-order valence-corrected chi connectivity index (χ3v) is 4.34. The van der Waals surface area contributed by atoms with E-state index in [-0.39, 0.29) is 0 Å². The normalized spacial score (nSPS) is 33.0. The number of unbranched alkanes of at least 4 members (excludes halogenated alkanes) is 1. The molecule has 1 fully saturated rings. The summed E-state index contributed by atoms with van der Waals surface area (Å²) < 4.78 is 0. The zero-order chi connectivity index (χ0) is 11.5. The summed E-state index contributed by atoms with van der Waals surface area (Å²) in [6, 6.07) is 0.445. The van der Waals surface area contributed by atoms with Crippen LogP contribution in [0.3, 0.4) is 0 Å². The van der Waals surface area contributed by atoms with Crippen molar-refractivity contribution in [2.24, 2.45) is 23.0 Å². The van der Waals surface area contributed by atoms with Gasteiger partial charge in [0.25, 0.3) is 0 Å². The Hall–Kier alpha value is -0.0400. The minimum Gasteiger partial charge on any atom is -0.327 e. The molecule has 0 spiro atoms. The summed E-state index contributed by atoms with van der Waals surface area (Å²) in [5, 5.41) is 0. The first-order valence-electron chi connectivity index (χ1n) is 6.73. The van der Waals surface area contributed by atoms with Crippen LogP contribution in [0, 0.1) is 17.3 Å². The van der Waals surface area contributed by atoms with Crippen molar-refractivity contribution in [1.82, 2.24) is 0 Å². The van der Waals surface area contributed by atoms with Gasteiger partial charge in [-0.2, -0.15) is 0 Å². The van der Waals surface area contributed by atoms with Crippen LogP contribution < -0.4 is 5.73 Å². The quantitative estimate of drug-likeness (QED) is 0.748. The molecule has 0 aromatic carbocycles. The van der Waals surface area contributed by atoms with Gasteiger partial charge in [-0.1, -0.05) is 47.0 Å².